The third-order valence-electron chi connectivity index (χ3n) is 5.85. The summed E-state index contributed by atoms with van der Waals surface area (Å²) in [5.41, 5.74) is 1.93. The van der Waals surface area contributed by atoms with E-state index in [4.69, 9.17) is 14.2 Å². The Kier molecular flexibility index (Phi) is 9.10. The van der Waals surface area contributed by atoms with Crippen LogP contribution in [0.5, 0.6) is 5.75 Å². The fourth-order valence-electron chi connectivity index (χ4n) is 3.90. The highest BCUT2D eigenvalue weighted by atomic mass is 32.2. The van der Waals surface area contributed by atoms with Crippen LogP contribution in [-0.2, 0) is 36.0 Å². The minimum Gasteiger partial charge on any atom is -0.493 e. The van der Waals surface area contributed by atoms with E-state index in [0.29, 0.717) is 42.2 Å². The van der Waals surface area contributed by atoms with Crippen LogP contribution < -0.4 is 4.74 Å². The molecule has 0 aliphatic heterocycles. The summed E-state index contributed by atoms with van der Waals surface area (Å²) >= 11 is 0. The van der Waals surface area contributed by atoms with Gasteiger partial charge in [0.25, 0.3) is 10.0 Å². The predicted octanol–water partition coefficient (Wildman–Crippen LogP) is 3.88. The van der Waals surface area contributed by atoms with Gasteiger partial charge in [0.2, 0.25) is 5.16 Å². The first-order valence-corrected chi connectivity index (χ1v) is 15.0. The molecule has 39 heavy (non-hydrogen) atoms. The molecule has 2 aromatic carbocycles. The van der Waals surface area contributed by atoms with Crippen LogP contribution in [0.1, 0.15) is 35.0 Å². The number of imidazole rings is 1. The molecule has 2 aromatic heterocycles. The predicted molar refractivity (Wildman–Crippen MR) is 146 cm³/mol. The number of hydrogen-bond acceptors (Lipinski definition) is 9. The fourth-order valence-corrected chi connectivity index (χ4v) is 6.99. The molecule has 1 unspecified atom stereocenters. The van der Waals surface area contributed by atoms with E-state index in [1.165, 1.54) is 24.3 Å². The molecule has 0 amide bonds. The van der Waals surface area contributed by atoms with Crippen molar-refractivity contribution in [1.82, 2.24) is 13.9 Å². The number of carbonyl (C=O) groups excluding carboxylic acids is 1. The van der Waals surface area contributed by atoms with Gasteiger partial charge in [0.05, 0.1) is 57.0 Å². The SMILES string of the molecule is CCOC(=O)c1cccc(S(=O)(=O)n2c(S(=O)Cc3nccc(OCCCOC)c3C)nc3ccccc32)c1. The smallest absolute Gasteiger partial charge is 0.338 e. The standard InChI is InChI=1S/C27H29N3O7S2/c1-4-36-26(31)20-9-7-10-21(17-20)39(33,34)30-24-12-6-5-11-22(24)29-27(30)38(32)18-23-19(2)25(13-14-28-23)37-16-8-15-35-3/h5-7,9-14,17H,4,8,15-16,18H2,1-3H3. The van der Waals surface area contributed by atoms with E-state index in [0.717, 1.165) is 3.97 Å². The van der Waals surface area contributed by atoms with Crippen molar-refractivity contribution in [2.45, 2.75) is 36.1 Å². The van der Waals surface area contributed by atoms with E-state index in [9.17, 15) is 17.4 Å². The molecule has 0 spiro atoms. The summed E-state index contributed by atoms with van der Waals surface area (Å²) in [6, 6.07) is 13.9. The van der Waals surface area contributed by atoms with Gasteiger partial charge in [-0.2, -0.15) is 0 Å². The number of ether oxygens (including phenoxy) is 3. The molecular weight excluding hydrogens is 542 g/mol. The first-order valence-electron chi connectivity index (χ1n) is 12.2. The summed E-state index contributed by atoms with van der Waals surface area (Å²) in [4.78, 5) is 20.9. The Bertz CT molecular complexity index is 1620. The first kappa shape index (κ1) is 28.4. The zero-order valence-electron chi connectivity index (χ0n) is 21.8. The summed E-state index contributed by atoms with van der Waals surface area (Å²) in [6.45, 7) is 4.63. The third-order valence-corrected chi connectivity index (χ3v) is 8.89. The van der Waals surface area contributed by atoms with Gasteiger partial charge in [-0.25, -0.2) is 22.2 Å². The van der Waals surface area contributed by atoms with Crippen LogP contribution in [0.4, 0.5) is 0 Å². The fraction of sp³-hybridized carbons (Fsp3) is 0.296. The molecule has 0 bridgehead atoms. The summed E-state index contributed by atoms with van der Waals surface area (Å²) in [6.07, 6.45) is 2.27. The molecule has 2 heterocycles. The first-order chi connectivity index (χ1) is 18.8. The number of pyridine rings is 1. The molecule has 0 saturated carbocycles. The Morgan fingerprint density at radius 2 is 1.87 bits per heavy atom. The molecular formula is C27H29N3O7S2. The van der Waals surface area contributed by atoms with Crippen LogP contribution in [0.2, 0.25) is 0 Å². The van der Waals surface area contributed by atoms with Crippen LogP contribution in [0.3, 0.4) is 0 Å². The van der Waals surface area contributed by atoms with Gasteiger partial charge in [0.15, 0.2) is 0 Å². The summed E-state index contributed by atoms with van der Waals surface area (Å²) in [5.74, 6) is -0.118. The van der Waals surface area contributed by atoms with Gasteiger partial charge in [0, 0.05) is 31.9 Å². The molecule has 0 N–H and O–H groups in total. The van der Waals surface area contributed by atoms with Crippen LogP contribution in [-0.4, -0.2) is 59.5 Å². The Labute approximate surface area is 229 Å². The molecule has 0 aliphatic carbocycles. The van der Waals surface area contributed by atoms with E-state index in [1.807, 2.05) is 6.92 Å². The topological polar surface area (TPSA) is 127 Å². The lowest BCUT2D eigenvalue weighted by molar-refractivity contribution is 0.0526. The summed E-state index contributed by atoms with van der Waals surface area (Å²) in [7, 11) is -4.58. The highest BCUT2D eigenvalue weighted by Gasteiger charge is 2.28. The van der Waals surface area contributed by atoms with E-state index in [1.54, 1.807) is 50.6 Å². The molecule has 0 aliphatic rings. The highest BCUT2D eigenvalue weighted by Crippen LogP contribution is 2.28. The number of para-hydroxylation sites is 2. The number of esters is 1. The molecule has 10 nitrogen and oxygen atoms in total. The van der Waals surface area contributed by atoms with Crippen molar-refractivity contribution in [1.29, 1.82) is 0 Å². The normalized spacial score (nSPS) is 12.4. The molecule has 0 radical (unpaired) electrons. The second-order valence-electron chi connectivity index (χ2n) is 8.47. The van der Waals surface area contributed by atoms with Crippen molar-refractivity contribution in [2.24, 2.45) is 0 Å². The maximum Gasteiger partial charge on any atom is 0.338 e. The zero-order chi connectivity index (χ0) is 28.0. The van der Waals surface area contributed by atoms with Gasteiger partial charge in [-0.15, -0.1) is 0 Å². The molecule has 206 valence electrons. The Hall–Kier alpha value is -3.61. The van der Waals surface area contributed by atoms with Crippen molar-refractivity contribution >= 4 is 37.8 Å². The lowest BCUT2D eigenvalue weighted by atomic mass is 10.2. The Balaban J connectivity index is 1.72. The van der Waals surface area contributed by atoms with Gasteiger partial charge in [-0.1, -0.05) is 18.2 Å². The molecule has 0 fully saturated rings. The van der Waals surface area contributed by atoms with E-state index >= 15 is 0 Å². The number of methoxy groups -OCH3 is 1. The zero-order valence-corrected chi connectivity index (χ0v) is 23.5. The van der Waals surface area contributed by atoms with Crippen molar-refractivity contribution in [3.63, 3.8) is 0 Å². The monoisotopic (exact) mass is 571 g/mol. The number of hydrogen-bond donors (Lipinski definition) is 0. The average molecular weight is 572 g/mol. The maximum atomic E-state index is 13.9. The van der Waals surface area contributed by atoms with Gasteiger partial charge in [-0.05, 0) is 50.2 Å². The number of rotatable bonds is 12. The number of aromatic nitrogens is 3. The van der Waals surface area contributed by atoms with E-state index < -0.39 is 26.8 Å². The number of fused-ring (bicyclic) bond motifs is 1. The molecule has 4 rings (SSSR count). The number of benzene rings is 2. The quantitative estimate of drug-likeness (QED) is 0.184. The molecule has 4 aromatic rings. The minimum atomic E-state index is -4.30. The van der Waals surface area contributed by atoms with Gasteiger partial charge in [-0.3, -0.25) is 9.19 Å². The van der Waals surface area contributed by atoms with Crippen molar-refractivity contribution < 1.29 is 31.6 Å². The second-order valence-corrected chi connectivity index (χ2v) is 11.6. The van der Waals surface area contributed by atoms with E-state index in [2.05, 4.69) is 9.97 Å². The number of nitrogens with zero attached hydrogens (tertiary/aromatic N) is 3. The van der Waals surface area contributed by atoms with Crippen LogP contribution in [0, 0.1) is 6.92 Å². The minimum absolute atomic E-state index is 0.0805. The van der Waals surface area contributed by atoms with Crippen molar-refractivity contribution in [3.05, 3.63) is 77.6 Å². The molecule has 1 atom stereocenters. The van der Waals surface area contributed by atoms with Gasteiger partial charge >= 0.3 is 5.97 Å². The van der Waals surface area contributed by atoms with Crippen molar-refractivity contribution in [2.75, 3.05) is 26.9 Å². The molecule has 12 heteroatoms. The lowest BCUT2D eigenvalue weighted by Crippen LogP contribution is -2.18. The lowest BCUT2D eigenvalue weighted by Gasteiger charge is -2.13. The Morgan fingerprint density at radius 1 is 1.08 bits per heavy atom. The third kappa shape index (κ3) is 6.18. The van der Waals surface area contributed by atoms with E-state index in [-0.39, 0.29) is 33.5 Å². The second kappa shape index (κ2) is 12.5. The largest absolute Gasteiger partial charge is 0.493 e. The van der Waals surface area contributed by atoms with Gasteiger partial charge in [0.1, 0.15) is 5.75 Å². The number of carbonyl (C=O) groups is 1. The summed E-state index contributed by atoms with van der Waals surface area (Å²) in [5, 5.41) is -0.148. The van der Waals surface area contributed by atoms with Crippen molar-refractivity contribution in [3.8, 4) is 5.75 Å². The highest BCUT2D eigenvalue weighted by molar-refractivity contribution is 7.91. The summed E-state index contributed by atoms with van der Waals surface area (Å²) < 4.78 is 58.4. The average Bonchev–Trinajstić information content (AvgIpc) is 3.34. The van der Waals surface area contributed by atoms with Gasteiger partial charge < -0.3 is 14.2 Å². The van der Waals surface area contributed by atoms with Crippen LogP contribution in [0.25, 0.3) is 11.0 Å². The van der Waals surface area contributed by atoms with Crippen LogP contribution in [0.15, 0.2) is 70.8 Å². The van der Waals surface area contributed by atoms with Crippen LogP contribution >= 0.6 is 0 Å². The molecule has 0 saturated heterocycles. The Morgan fingerprint density at radius 3 is 2.64 bits per heavy atom. The maximum absolute atomic E-state index is 13.9.